The molecule has 4 nitrogen and oxygen atoms in total. The van der Waals surface area contributed by atoms with Crippen LogP contribution in [0, 0.1) is 5.92 Å². The second kappa shape index (κ2) is 7.49. The summed E-state index contributed by atoms with van der Waals surface area (Å²) in [5.41, 5.74) is 4.96. The second-order valence-electron chi connectivity index (χ2n) is 4.89. The maximum Gasteiger partial charge on any atom is 0.277 e. The van der Waals surface area contributed by atoms with Crippen LogP contribution >= 0.6 is 35.0 Å². The van der Waals surface area contributed by atoms with Gasteiger partial charge >= 0.3 is 0 Å². The molecule has 0 saturated heterocycles. The number of hydrogen-bond acceptors (Lipinski definition) is 4. The van der Waals surface area contributed by atoms with Crippen LogP contribution in [-0.4, -0.2) is 10.2 Å². The van der Waals surface area contributed by atoms with Crippen molar-refractivity contribution in [2.24, 2.45) is 5.92 Å². The second-order valence-corrected chi connectivity index (χ2v) is 6.63. The summed E-state index contributed by atoms with van der Waals surface area (Å²) >= 11 is 13.7. The number of rotatable bonds is 6. The highest BCUT2D eigenvalue weighted by molar-refractivity contribution is 7.98. The molecule has 2 aromatic rings. The molecule has 0 saturated carbocycles. The van der Waals surface area contributed by atoms with E-state index >= 15 is 0 Å². The zero-order valence-electron chi connectivity index (χ0n) is 12.0. The van der Waals surface area contributed by atoms with Gasteiger partial charge in [-0.15, -0.1) is 10.2 Å². The van der Waals surface area contributed by atoms with Crippen LogP contribution < -0.4 is 5.73 Å². The highest BCUT2D eigenvalue weighted by Gasteiger charge is 2.23. The number of aromatic nitrogens is 2. The monoisotopic (exact) mass is 346 g/mol. The molecule has 1 aromatic carbocycles. The highest BCUT2D eigenvalue weighted by Crippen LogP contribution is 2.31. The van der Waals surface area contributed by atoms with Crippen molar-refractivity contribution in [1.29, 1.82) is 0 Å². The van der Waals surface area contributed by atoms with Crippen LogP contribution in [0.15, 0.2) is 27.8 Å². The van der Waals surface area contributed by atoms with E-state index in [1.165, 1.54) is 11.8 Å². The molecule has 0 aliphatic heterocycles. The van der Waals surface area contributed by atoms with Crippen molar-refractivity contribution >= 4 is 35.0 Å². The van der Waals surface area contributed by atoms with E-state index in [2.05, 4.69) is 29.8 Å². The molecular formula is C14H18Cl2N3OS+. The quantitative estimate of drug-likeness (QED) is 0.802. The summed E-state index contributed by atoms with van der Waals surface area (Å²) in [7, 11) is 0. The molecule has 0 spiro atoms. The summed E-state index contributed by atoms with van der Waals surface area (Å²) in [6, 6.07) is 5.47. The fraction of sp³-hybridized carbons (Fsp3) is 0.429. The molecule has 21 heavy (non-hydrogen) atoms. The molecule has 0 fully saturated rings. The van der Waals surface area contributed by atoms with Gasteiger partial charge < -0.3 is 10.2 Å². The molecule has 0 bridgehead atoms. The Labute approximate surface area is 138 Å². The highest BCUT2D eigenvalue weighted by atomic mass is 35.5. The molecule has 2 atom stereocenters. The normalized spacial score (nSPS) is 14.1. The Balaban J connectivity index is 2.03. The summed E-state index contributed by atoms with van der Waals surface area (Å²) in [6.07, 6.45) is 1.02. The lowest BCUT2D eigenvalue weighted by atomic mass is 10.0. The van der Waals surface area contributed by atoms with Gasteiger partial charge in [0, 0.05) is 21.7 Å². The maximum absolute atomic E-state index is 6.14. The first kappa shape index (κ1) is 16.6. The lowest BCUT2D eigenvalue weighted by Crippen LogP contribution is -2.56. The SMILES string of the molecule is CC[C@@H](C)[C@H]([NH3+])c1nnc(SCc2c(Cl)cccc2Cl)o1. The van der Waals surface area contributed by atoms with Crippen LogP contribution in [0.3, 0.4) is 0 Å². The minimum atomic E-state index is 0.0146. The predicted molar refractivity (Wildman–Crippen MR) is 85.4 cm³/mol. The Morgan fingerprint density at radius 1 is 1.29 bits per heavy atom. The van der Waals surface area contributed by atoms with Crippen LogP contribution in [-0.2, 0) is 5.75 Å². The number of quaternary nitrogens is 1. The van der Waals surface area contributed by atoms with Crippen molar-refractivity contribution in [2.75, 3.05) is 0 Å². The zero-order valence-corrected chi connectivity index (χ0v) is 14.3. The average Bonchev–Trinajstić information content (AvgIpc) is 2.94. The van der Waals surface area contributed by atoms with E-state index in [1.807, 2.05) is 18.2 Å². The van der Waals surface area contributed by atoms with Crippen LogP contribution in [0.5, 0.6) is 0 Å². The van der Waals surface area contributed by atoms with Crippen molar-refractivity contribution < 1.29 is 10.2 Å². The van der Waals surface area contributed by atoms with Gasteiger partial charge in [-0.2, -0.15) is 0 Å². The molecular weight excluding hydrogens is 329 g/mol. The van der Waals surface area contributed by atoms with Crippen LogP contribution in [0.2, 0.25) is 10.0 Å². The van der Waals surface area contributed by atoms with E-state index in [9.17, 15) is 0 Å². The van der Waals surface area contributed by atoms with Gasteiger partial charge in [-0.3, -0.25) is 0 Å². The fourth-order valence-electron chi connectivity index (χ4n) is 1.76. The molecule has 3 N–H and O–H groups in total. The van der Waals surface area contributed by atoms with Gasteiger partial charge in [0.15, 0.2) is 6.04 Å². The third-order valence-corrected chi connectivity index (χ3v) is 5.02. The van der Waals surface area contributed by atoms with Gasteiger partial charge in [-0.05, 0) is 24.1 Å². The predicted octanol–water partition coefficient (Wildman–Crippen LogP) is 4.00. The van der Waals surface area contributed by atoms with Crippen molar-refractivity contribution in [1.82, 2.24) is 10.2 Å². The summed E-state index contributed by atoms with van der Waals surface area (Å²) in [6.45, 7) is 4.24. The smallest absolute Gasteiger partial charge is 0.277 e. The Bertz CT molecular complexity index is 585. The number of nitrogens with zero attached hydrogens (tertiary/aromatic N) is 2. The first-order valence-corrected chi connectivity index (χ1v) is 8.49. The van der Waals surface area contributed by atoms with Gasteiger partial charge in [0.05, 0.1) is 0 Å². The Hall–Kier alpha value is -0.750. The molecule has 0 radical (unpaired) electrons. The van der Waals surface area contributed by atoms with Crippen molar-refractivity contribution in [3.05, 3.63) is 39.7 Å². The van der Waals surface area contributed by atoms with Crippen LogP contribution in [0.4, 0.5) is 0 Å². The topological polar surface area (TPSA) is 66.6 Å². The molecule has 2 rings (SSSR count). The van der Waals surface area contributed by atoms with E-state index < -0.39 is 0 Å². The van der Waals surface area contributed by atoms with Crippen molar-refractivity contribution in [3.63, 3.8) is 0 Å². The molecule has 0 aliphatic rings. The first-order valence-electron chi connectivity index (χ1n) is 6.75. The zero-order chi connectivity index (χ0) is 15.4. The number of halogens is 2. The third-order valence-electron chi connectivity index (χ3n) is 3.47. The lowest BCUT2D eigenvalue weighted by molar-refractivity contribution is -0.444. The minimum Gasteiger partial charge on any atom is -0.410 e. The summed E-state index contributed by atoms with van der Waals surface area (Å²) in [5, 5.41) is 9.92. The maximum atomic E-state index is 6.14. The number of thioether (sulfide) groups is 1. The molecule has 1 aromatic heterocycles. The molecule has 0 unspecified atom stereocenters. The van der Waals surface area contributed by atoms with Crippen molar-refractivity contribution in [3.8, 4) is 0 Å². The third kappa shape index (κ3) is 4.13. The summed E-state index contributed by atoms with van der Waals surface area (Å²) in [5.74, 6) is 1.57. The average molecular weight is 347 g/mol. The molecule has 0 amide bonds. The van der Waals surface area contributed by atoms with E-state index in [0.29, 0.717) is 32.8 Å². The van der Waals surface area contributed by atoms with E-state index in [4.69, 9.17) is 27.6 Å². The molecule has 0 aliphatic carbocycles. The Morgan fingerprint density at radius 3 is 2.57 bits per heavy atom. The van der Waals surface area contributed by atoms with Gasteiger partial charge in [-0.1, -0.05) is 54.9 Å². The molecule has 7 heteroatoms. The van der Waals surface area contributed by atoms with Gasteiger partial charge in [0.25, 0.3) is 11.1 Å². The van der Waals surface area contributed by atoms with E-state index in [0.717, 1.165) is 12.0 Å². The van der Waals surface area contributed by atoms with Crippen molar-refractivity contribution in [2.45, 2.75) is 37.3 Å². The summed E-state index contributed by atoms with van der Waals surface area (Å²) < 4.78 is 5.66. The van der Waals surface area contributed by atoms with Crippen LogP contribution in [0.25, 0.3) is 0 Å². The Kier molecular flexibility index (Phi) is 5.93. The standard InChI is InChI=1S/C14H17Cl2N3OS/c1-3-8(2)12(17)13-18-19-14(20-13)21-7-9-10(15)5-4-6-11(9)16/h4-6,8,12H,3,7,17H2,1-2H3/p+1/t8-,12+/m1/s1. The largest absolute Gasteiger partial charge is 0.410 e. The number of hydrogen-bond donors (Lipinski definition) is 1. The molecule has 114 valence electrons. The fourth-order valence-corrected chi connectivity index (χ4v) is 3.27. The molecule has 1 heterocycles. The lowest BCUT2D eigenvalue weighted by Gasteiger charge is -2.09. The van der Waals surface area contributed by atoms with E-state index in [1.54, 1.807) is 0 Å². The Morgan fingerprint density at radius 2 is 1.95 bits per heavy atom. The van der Waals surface area contributed by atoms with Gasteiger partial charge in [-0.25, -0.2) is 0 Å². The van der Waals surface area contributed by atoms with Gasteiger partial charge in [0.2, 0.25) is 0 Å². The van der Waals surface area contributed by atoms with E-state index in [-0.39, 0.29) is 6.04 Å². The van der Waals surface area contributed by atoms with Crippen LogP contribution in [0.1, 0.15) is 37.8 Å². The summed E-state index contributed by atoms with van der Waals surface area (Å²) in [4.78, 5) is 0. The van der Waals surface area contributed by atoms with Gasteiger partial charge in [0.1, 0.15) is 0 Å². The first-order chi connectivity index (χ1) is 10.0. The number of benzene rings is 1. The minimum absolute atomic E-state index is 0.0146.